The number of rotatable bonds is 10. The zero-order chi connectivity index (χ0) is 15.7. The molecule has 0 bridgehead atoms. The number of ether oxygens (including phenoxy) is 2. The number of carboxylic acid groups (broad SMARTS) is 1. The molecule has 2 atom stereocenters. The second-order valence-electron chi connectivity index (χ2n) is 6.37. The lowest BCUT2D eigenvalue weighted by Crippen LogP contribution is -2.56. The van der Waals surface area contributed by atoms with Gasteiger partial charge in [-0.05, 0) is 38.1 Å². The van der Waals surface area contributed by atoms with E-state index in [-0.39, 0.29) is 6.10 Å². The molecule has 0 saturated heterocycles. The van der Waals surface area contributed by atoms with Crippen molar-refractivity contribution in [3.8, 4) is 0 Å². The SMILES string of the molecule is CCCNC1(C(=O)O)CCCC(OCCOCC(C)C)C1. The molecule has 0 radical (unpaired) electrons. The van der Waals surface area contributed by atoms with E-state index in [2.05, 4.69) is 19.2 Å². The Morgan fingerprint density at radius 2 is 2.19 bits per heavy atom. The number of carbonyl (C=O) groups is 1. The first-order chi connectivity index (χ1) is 10.00. The van der Waals surface area contributed by atoms with Crippen LogP contribution in [0.25, 0.3) is 0 Å². The van der Waals surface area contributed by atoms with Crippen LogP contribution in [0.1, 0.15) is 52.9 Å². The summed E-state index contributed by atoms with van der Waals surface area (Å²) in [7, 11) is 0. The first-order valence-electron chi connectivity index (χ1n) is 8.18. The van der Waals surface area contributed by atoms with Crippen molar-refractivity contribution in [1.29, 1.82) is 0 Å². The molecule has 0 aliphatic heterocycles. The normalized spacial score (nSPS) is 26.2. The van der Waals surface area contributed by atoms with Gasteiger partial charge >= 0.3 is 5.97 Å². The van der Waals surface area contributed by atoms with Crippen LogP contribution in [0.2, 0.25) is 0 Å². The van der Waals surface area contributed by atoms with Crippen LogP contribution in [0.15, 0.2) is 0 Å². The Morgan fingerprint density at radius 1 is 1.43 bits per heavy atom. The van der Waals surface area contributed by atoms with Crippen molar-refractivity contribution in [2.75, 3.05) is 26.4 Å². The second-order valence-corrected chi connectivity index (χ2v) is 6.37. The van der Waals surface area contributed by atoms with Crippen LogP contribution in [0.4, 0.5) is 0 Å². The first kappa shape index (κ1) is 18.4. The van der Waals surface area contributed by atoms with Crippen LogP contribution >= 0.6 is 0 Å². The predicted molar refractivity (Wildman–Crippen MR) is 82.5 cm³/mol. The molecule has 0 amide bonds. The molecule has 0 heterocycles. The molecule has 0 aromatic heterocycles. The van der Waals surface area contributed by atoms with Gasteiger partial charge < -0.3 is 19.9 Å². The molecular weight excluding hydrogens is 270 g/mol. The zero-order valence-corrected chi connectivity index (χ0v) is 13.7. The Balaban J connectivity index is 2.37. The highest BCUT2D eigenvalue weighted by Gasteiger charge is 2.42. The fourth-order valence-corrected chi connectivity index (χ4v) is 2.75. The lowest BCUT2D eigenvalue weighted by Gasteiger charge is -2.38. The molecule has 1 rings (SSSR count). The Kier molecular flexibility index (Phi) is 8.22. The van der Waals surface area contributed by atoms with Crippen molar-refractivity contribution >= 4 is 5.97 Å². The molecule has 0 aromatic carbocycles. The van der Waals surface area contributed by atoms with Crippen molar-refractivity contribution in [1.82, 2.24) is 5.32 Å². The van der Waals surface area contributed by atoms with E-state index < -0.39 is 11.5 Å². The van der Waals surface area contributed by atoms with Gasteiger partial charge in [0.1, 0.15) is 5.54 Å². The summed E-state index contributed by atoms with van der Waals surface area (Å²) in [5, 5.41) is 12.8. The zero-order valence-electron chi connectivity index (χ0n) is 13.7. The Labute approximate surface area is 128 Å². The number of aliphatic carboxylic acids is 1. The molecule has 0 aromatic rings. The van der Waals surface area contributed by atoms with Crippen molar-refractivity contribution in [2.45, 2.75) is 64.5 Å². The summed E-state index contributed by atoms with van der Waals surface area (Å²) in [4.78, 5) is 11.6. The average molecular weight is 301 g/mol. The van der Waals surface area contributed by atoms with E-state index in [0.717, 1.165) is 32.4 Å². The molecule has 1 fully saturated rings. The predicted octanol–water partition coefficient (Wildman–Crippen LogP) is 2.44. The maximum absolute atomic E-state index is 11.6. The van der Waals surface area contributed by atoms with Crippen LogP contribution < -0.4 is 5.32 Å². The van der Waals surface area contributed by atoms with Crippen LogP contribution in [-0.2, 0) is 14.3 Å². The third-order valence-corrected chi connectivity index (χ3v) is 3.86. The van der Waals surface area contributed by atoms with Crippen molar-refractivity contribution in [3.05, 3.63) is 0 Å². The minimum absolute atomic E-state index is 0.0156. The van der Waals surface area contributed by atoms with Crippen LogP contribution in [0, 0.1) is 5.92 Å². The number of hydrogen-bond donors (Lipinski definition) is 2. The van der Waals surface area contributed by atoms with Crippen LogP contribution in [-0.4, -0.2) is 49.1 Å². The van der Waals surface area contributed by atoms with E-state index in [9.17, 15) is 9.90 Å². The van der Waals surface area contributed by atoms with Gasteiger partial charge in [0.05, 0.1) is 19.3 Å². The summed E-state index contributed by atoms with van der Waals surface area (Å²) in [6.45, 7) is 8.87. The van der Waals surface area contributed by atoms with Crippen molar-refractivity contribution in [2.24, 2.45) is 5.92 Å². The fourth-order valence-electron chi connectivity index (χ4n) is 2.75. The number of hydrogen-bond acceptors (Lipinski definition) is 4. The maximum atomic E-state index is 11.6. The van der Waals surface area contributed by atoms with Crippen LogP contribution in [0.3, 0.4) is 0 Å². The monoisotopic (exact) mass is 301 g/mol. The highest BCUT2D eigenvalue weighted by molar-refractivity contribution is 5.79. The summed E-state index contributed by atoms with van der Waals surface area (Å²) in [5.41, 5.74) is -0.808. The number of nitrogens with one attached hydrogen (secondary N) is 1. The molecular formula is C16H31NO4. The summed E-state index contributed by atoms with van der Waals surface area (Å²) in [5.74, 6) is -0.224. The Morgan fingerprint density at radius 3 is 2.81 bits per heavy atom. The lowest BCUT2D eigenvalue weighted by atomic mass is 9.80. The van der Waals surface area contributed by atoms with Crippen molar-refractivity contribution < 1.29 is 19.4 Å². The van der Waals surface area contributed by atoms with Crippen LogP contribution in [0.5, 0.6) is 0 Å². The number of carboxylic acids is 1. The van der Waals surface area contributed by atoms with Gasteiger partial charge in [-0.2, -0.15) is 0 Å². The minimum Gasteiger partial charge on any atom is -0.480 e. The molecule has 0 spiro atoms. The van der Waals surface area contributed by atoms with E-state index in [4.69, 9.17) is 9.47 Å². The van der Waals surface area contributed by atoms with Gasteiger partial charge in [0, 0.05) is 13.0 Å². The maximum Gasteiger partial charge on any atom is 0.323 e. The summed E-state index contributed by atoms with van der Waals surface area (Å²) < 4.78 is 11.3. The van der Waals surface area contributed by atoms with E-state index in [1.54, 1.807) is 0 Å². The summed E-state index contributed by atoms with van der Waals surface area (Å²) in [6.07, 6.45) is 4.01. The van der Waals surface area contributed by atoms with Gasteiger partial charge in [-0.15, -0.1) is 0 Å². The topological polar surface area (TPSA) is 67.8 Å². The van der Waals surface area contributed by atoms with E-state index in [1.807, 2.05) is 6.92 Å². The minimum atomic E-state index is -0.808. The standard InChI is InChI=1S/C16H31NO4/c1-4-8-17-16(15(18)19)7-5-6-14(11-16)21-10-9-20-12-13(2)3/h13-14,17H,4-12H2,1-3H3,(H,18,19). The van der Waals surface area contributed by atoms with E-state index in [0.29, 0.717) is 32.0 Å². The molecule has 21 heavy (non-hydrogen) atoms. The summed E-state index contributed by atoms with van der Waals surface area (Å²) in [6, 6.07) is 0. The largest absolute Gasteiger partial charge is 0.480 e. The quantitative estimate of drug-likeness (QED) is 0.607. The Bertz CT molecular complexity index is 309. The molecule has 2 unspecified atom stereocenters. The molecule has 2 N–H and O–H groups in total. The second kappa shape index (κ2) is 9.38. The average Bonchev–Trinajstić information content (AvgIpc) is 2.44. The molecule has 1 saturated carbocycles. The lowest BCUT2D eigenvalue weighted by molar-refractivity contribution is -0.149. The van der Waals surface area contributed by atoms with E-state index >= 15 is 0 Å². The van der Waals surface area contributed by atoms with Gasteiger partial charge in [-0.25, -0.2) is 0 Å². The highest BCUT2D eigenvalue weighted by atomic mass is 16.5. The Hall–Kier alpha value is -0.650. The van der Waals surface area contributed by atoms with E-state index in [1.165, 1.54) is 0 Å². The molecule has 124 valence electrons. The molecule has 1 aliphatic carbocycles. The molecule has 5 nitrogen and oxygen atoms in total. The highest BCUT2D eigenvalue weighted by Crippen LogP contribution is 2.30. The summed E-state index contributed by atoms with van der Waals surface area (Å²) >= 11 is 0. The van der Waals surface area contributed by atoms with Gasteiger partial charge in [-0.1, -0.05) is 20.8 Å². The molecule has 1 aliphatic rings. The van der Waals surface area contributed by atoms with Crippen molar-refractivity contribution in [3.63, 3.8) is 0 Å². The van der Waals surface area contributed by atoms with Gasteiger partial charge in [0.15, 0.2) is 0 Å². The third-order valence-electron chi connectivity index (χ3n) is 3.86. The van der Waals surface area contributed by atoms with Gasteiger partial charge in [0.25, 0.3) is 0 Å². The van der Waals surface area contributed by atoms with Gasteiger partial charge in [0.2, 0.25) is 0 Å². The van der Waals surface area contributed by atoms with Gasteiger partial charge in [-0.3, -0.25) is 4.79 Å². The smallest absolute Gasteiger partial charge is 0.323 e. The molecule has 5 heteroatoms. The first-order valence-corrected chi connectivity index (χ1v) is 8.18. The third kappa shape index (κ3) is 6.32. The fraction of sp³-hybridized carbons (Fsp3) is 0.938.